The number of aromatic nitrogens is 1. The van der Waals surface area contributed by atoms with Crippen molar-refractivity contribution in [3.63, 3.8) is 0 Å². The minimum absolute atomic E-state index is 0.0505. The number of morpholine rings is 1. The predicted molar refractivity (Wildman–Crippen MR) is 115 cm³/mol. The van der Waals surface area contributed by atoms with E-state index < -0.39 is 0 Å². The maximum absolute atomic E-state index is 6.01. The normalized spacial score (nSPS) is 17.2. The van der Waals surface area contributed by atoms with Gasteiger partial charge in [-0.25, -0.2) is 0 Å². The molecule has 0 unspecified atom stereocenters. The molecule has 0 spiro atoms. The number of pyridine rings is 1. The zero-order valence-electron chi connectivity index (χ0n) is 17.0. The molecule has 1 saturated heterocycles. The molecule has 1 atom stereocenters. The fourth-order valence-electron chi connectivity index (χ4n) is 3.73. The average Bonchev–Trinajstić information content (AvgIpc) is 2.80. The molecule has 150 valence electrons. The summed E-state index contributed by atoms with van der Waals surface area (Å²) < 4.78 is 11.2. The Bertz CT molecular complexity index is 879. The van der Waals surface area contributed by atoms with E-state index in [-0.39, 0.29) is 6.10 Å². The van der Waals surface area contributed by atoms with Gasteiger partial charge in [0.25, 0.3) is 0 Å². The molecule has 29 heavy (non-hydrogen) atoms. The van der Waals surface area contributed by atoms with Crippen LogP contribution in [0.1, 0.15) is 28.5 Å². The number of benzene rings is 2. The summed E-state index contributed by atoms with van der Waals surface area (Å²) in [6.45, 7) is 3.70. The van der Waals surface area contributed by atoms with Crippen LogP contribution in [0.2, 0.25) is 0 Å². The van der Waals surface area contributed by atoms with E-state index >= 15 is 0 Å². The minimum Gasteiger partial charge on any atom is -0.497 e. The molecule has 3 aromatic rings. The van der Waals surface area contributed by atoms with E-state index in [1.165, 1.54) is 16.7 Å². The summed E-state index contributed by atoms with van der Waals surface area (Å²) in [6, 6.07) is 23.1. The van der Waals surface area contributed by atoms with E-state index in [0.717, 1.165) is 50.5 Å². The summed E-state index contributed by atoms with van der Waals surface area (Å²) in [5, 5.41) is 0. The molecule has 0 N–H and O–H groups in total. The molecule has 1 aliphatic heterocycles. The second kappa shape index (κ2) is 9.68. The third-order valence-electron chi connectivity index (χ3n) is 5.45. The van der Waals surface area contributed by atoms with Crippen LogP contribution in [0.15, 0.2) is 72.9 Å². The Morgan fingerprint density at radius 2 is 1.76 bits per heavy atom. The number of ether oxygens (including phenoxy) is 2. The number of hydrogen-bond donors (Lipinski definition) is 0. The quantitative estimate of drug-likeness (QED) is 0.605. The van der Waals surface area contributed by atoms with Gasteiger partial charge < -0.3 is 9.47 Å². The number of rotatable bonds is 7. The molecule has 0 aliphatic carbocycles. The molecule has 0 radical (unpaired) electrons. The first kappa shape index (κ1) is 19.6. The fourth-order valence-corrected chi connectivity index (χ4v) is 3.73. The van der Waals surface area contributed by atoms with Crippen molar-refractivity contribution >= 4 is 0 Å². The lowest BCUT2D eigenvalue weighted by molar-refractivity contribution is -0.0316. The van der Waals surface area contributed by atoms with Gasteiger partial charge in [-0.05, 0) is 47.7 Å². The largest absolute Gasteiger partial charge is 0.497 e. The smallest absolute Gasteiger partial charge is 0.118 e. The Morgan fingerprint density at radius 3 is 2.48 bits per heavy atom. The van der Waals surface area contributed by atoms with Gasteiger partial charge in [0.2, 0.25) is 0 Å². The second-order valence-electron chi connectivity index (χ2n) is 7.51. The van der Waals surface area contributed by atoms with Gasteiger partial charge in [-0.15, -0.1) is 0 Å². The molecule has 0 amide bonds. The Labute approximate surface area is 173 Å². The fraction of sp³-hybridized carbons (Fsp3) is 0.320. The molecule has 0 saturated carbocycles. The van der Waals surface area contributed by atoms with Crippen LogP contribution < -0.4 is 4.74 Å². The van der Waals surface area contributed by atoms with Gasteiger partial charge in [0, 0.05) is 25.8 Å². The summed E-state index contributed by atoms with van der Waals surface area (Å²) in [5.74, 6) is 0.883. The first-order chi connectivity index (χ1) is 14.3. The van der Waals surface area contributed by atoms with Crippen molar-refractivity contribution in [2.24, 2.45) is 0 Å². The Hall–Kier alpha value is -2.69. The maximum atomic E-state index is 6.01. The summed E-state index contributed by atoms with van der Waals surface area (Å²) >= 11 is 0. The van der Waals surface area contributed by atoms with Gasteiger partial charge in [-0.2, -0.15) is 0 Å². The summed E-state index contributed by atoms with van der Waals surface area (Å²) in [5.41, 5.74) is 4.86. The lowest BCUT2D eigenvalue weighted by Gasteiger charge is -2.32. The van der Waals surface area contributed by atoms with Crippen LogP contribution in [0.5, 0.6) is 5.75 Å². The third kappa shape index (κ3) is 5.43. The van der Waals surface area contributed by atoms with E-state index in [2.05, 4.69) is 59.5 Å². The maximum Gasteiger partial charge on any atom is 0.118 e. The van der Waals surface area contributed by atoms with Crippen molar-refractivity contribution in [3.05, 3.63) is 95.3 Å². The van der Waals surface area contributed by atoms with Crippen molar-refractivity contribution < 1.29 is 9.47 Å². The monoisotopic (exact) mass is 388 g/mol. The first-order valence-corrected chi connectivity index (χ1v) is 10.3. The van der Waals surface area contributed by atoms with Gasteiger partial charge >= 0.3 is 0 Å². The zero-order chi connectivity index (χ0) is 19.9. The van der Waals surface area contributed by atoms with Crippen LogP contribution in [-0.2, 0) is 17.6 Å². The Balaban J connectivity index is 1.32. The first-order valence-electron chi connectivity index (χ1n) is 10.3. The van der Waals surface area contributed by atoms with Crippen molar-refractivity contribution in [3.8, 4) is 5.75 Å². The van der Waals surface area contributed by atoms with E-state index in [1.807, 2.05) is 18.3 Å². The number of hydrogen-bond acceptors (Lipinski definition) is 4. The van der Waals surface area contributed by atoms with Crippen LogP contribution >= 0.6 is 0 Å². The van der Waals surface area contributed by atoms with Crippen molar-refractivity contribution in [2.45, 2.75) is 18.9 Å². The lowest BCUT2D eigenvalue weighted by atomic mass is 10.1. The highest BCUT2D eigenvalue weighted by molar-refractivity contribution is 5.31. The lowest BCUT2D eigenvalue weighted by Crippen LogP contribution is -2.39. The topological polar surface area (TPSA) is 34.6 Å². The van der Waals surface area contributed by atoms with E-state index in [1.54, 1.807) is 7.11 Å². The highest BCUT2D eigenvalue weighted by atomic mass is 16.5. The van der Waals surface area contributed by atoms with E-state index in [9.17, 15) is 0 Å². The van der Waals surface area contributed by atoms with Gasteiger partial charge in [0.05, 0.1) is 19.4 Å². The van der Waals surface area contributed by atoms with Gasteiger partial charge in [-0.1, -0.05) is 48.5 Å². The van der Waals surface area contributed by atoms with Crippen LogP contribution in [0.4, 0.5) is 0 Å². The molecule has 4 nitrogen and oxygen atoms in total. The van der Waals surface area contributed by atoms with E-state index in [0.29, 0.717) is 0 Å². The van der Waals surface area contributed by atoms with Crippen LogP contribution in [0, 0.1) is 0 Å². The summed E-state index contributed by atoms with van der Waals surface area (Å²) in [4.78, 5) is 7.19. The van der Waals surface area contributed by atoms with Crippen LogP contribution in [0.25, 0.3) is 0 Å². The molecule has 4 heteroatoms. The van der Waals surface area contributed by atoms with Crippen molar-refractivity contribution in [1.82, 2.24) is 9.88 Å². The molecular formula is C25H28N2O2. The SMILES string of the molecule is COc1ccc(Cc2ccc([C@@H]3CN(CCc4ccccc4)CCO3)nc2)cc1. The van der Waals surface area contributed by atoms with Crippen molar-refractivity contribution in [1.29, 1.82) is 0 Å². The van der Waals surface area contributed by atoms with Gasteiger partial charge in [-0.3, -0.25) is 9.88 Å². The van der Waals surface area contributed by atoms with Crippen molar-refractivity contribution in [2.75, 3.05) is 33.4 Å². The molecule has 2 aromatic carbocycles. The Kier molecular flexibility index (Phi) is 6.55. The van der Waals surface area contributed by atoms with Gasteiger partial charge in [0.15, 0.2) is 0 Å². The second-order valence-corrected chi connectivity index (χ2v) is 7.51. The van der Waals surface area contributed by atoms with Gasteiger partial charge in [0.1, 0.15) is 11.9 Å². The molecule has 1 fully saturated rings. The standard InChI is InChI=1S/C25H28N2O2/c1-28-23-10-7-21(8-11-23)17-22-9-12-24(26-18-22)25-19-27(15-16-29-25)14-13-20-5-3-2-4-6-20/h2-12,18,25H,13-17,19H2,1H3/t25-/m0/s1. The van der Waals surface area contributed by atoms with Crippen LogP contribution in [0.3, 0.4) is 0 Å². The molecule has 1 aliphatic rings. The molecule has 0 bridgehead atoms. The molecule has 2 heterocycles. The minimum atomic E-state index is 0.0505. The highest BCUT2D eigenvalue weighted by Crippen LogP contribution is 2.22. The summed E-state index contributed by atoms with van der Waals surface area (Å²) in [6.07, 6.45) is 3.97. The highest BCUT2D eigenvalue weighted by Gasteiger charge is 2.22. The molecule has 4 rings (SSSR count). The molecular weight excluding hydrogens is 360 g/mol. The number of nitrogens with zero attached hydrogens (tertiary/aromatic N) is 2. The van der Waals surface area contributed by atoms with Crippen LogP contribution in [-0.4, -0.2) is 43.2 Å². The Morgan fingerprint density at radius 1 is 0.966 bits per heavy atom. The zero-order valence-corrected chi connectivity index (χ0v) is 17.0. The molecule has 1 aromatic heterocycles. The third-order valence-corrected chi connectivity index (χ3v) is 5.45. The predicted octanol–water partition coefficient (Wildman–Crippen LogP) is 4.30. The van der Waals surface area contributed by atoms with E-state index in [4.69, 9.17) is 14.5 Å². The number of methoxy groups -OCH3 is 1. The summed E-state index contributed by atoms with van der Waals surface area (Å²) in [7, 11) is 1.69. The average molecular weight is 389 g/mol.